The molecule has 94 valence electrons. The van der Waals surface area contributed by atoms with E-state index in [9.17, 15) is 4.79 Å². The minimum atomic E-state index is -0.121. The predicted molar refractivity (Wildman–Crippen MR) is 75.1 cm³/mol. The van der Waals surface area contributed by atoms with Gasteiger partial charge in [0.2, 0.25) is 0 Å². The maximum Gasteiger partial charge on any atom is 0.256 e. The molecule has 0 unspecified atom stereocenters. The van der Waals surface area contributed by atoms with Crippen LogP contribution in [0.4, 0.5) is 5.69 Å². The van der Waals surface area contributed by atoms with Crippen LogP contribution in [0, 0.1) is 0 Å². The summed E-state index contributed by atoms with van der Waals surface area (Å²) in [6.07, 6.45) is 5.25. The molecule has 0 radical (unpaired) electrons. The second-order valence-corrected chi connectivity index (χ2v) is 4.36. The van der Waals surface area contributed by atoms with E-state index in [1.54, 1.807) is 18.5 Å². The van der Waals surface area contributed by atoms with E-state index < -0.39 is 0 Å². The topological polar surface area (TPSA) is 46.9 Å². The number of nitrogens with zero attached hydrogens (tertiary/aromatic N) is 2. The highest BCUT2D eigenvalue weighted by atomic mass is 16.1. The molecule has 0 saturated carbocycles. The number of nitrogens with one attached hydrogen (secondary N) is 1. The summed E-state index contributed by atoms with van der Waals surface area (Å²) in [5, 5.41) is 3.80. The van der Waals surface area contributed by atoms with Crippen LogP contribution < -0.4 is 5.32 Å². The first kappa shape index (κ1) is 11.5. The molecule has 0 aliphatic carbocycles. The van der Waals surface area contributed by atoms with Crippen molar-refractivity contribution in [3.8, 4) is 0 Å². The van der Waals surface area contributed by atoms with Crippen molar-refractivity contribution < 1.29 is 4.79 Å². The largest absolute Gasteiger partial charge is 0.351 e. The molecule has 3 aromatic rings. The molecule has 2 heterocycles. The first-order valence-electron chi connectivity index (χ1n) is 6.01. The minimum Gasteiger partial charge on any atom is -0.351 e. The quantitative estimate of drug-likeness (QED) is 0.761. The smallest absolute Gasteiger partial charge is 0.256 e. The molecule has 0 aliphatic rings. The molecule has 0 aliphatic heterocycles. The Hall–Kier alpha value is -2.62. The highest BCUT2D eigenvalue weighted by Gasteiger charge is 2.11. The highest BCUT2D eigenvalue weighted by molar-refractivity contribution is 6.12. The lowest BCUT2D eigenvalue weighted by molar-refractivity contribution is 0.102. The molecule has 0 saturated heterocycles. The van der Waals surface area contributed by atoms with Crippen LogP contribution in [0.1, 0.15) is 10.4 Å². The van der Waals surface area contributed by atoms with E-state index in [2.05, 4.69) is 10.3 Å². The highest BCUT2D eigenvalue weighted by Crippen LogP contribution is 2.20. The number of carbonyl (C=O) groups is 1. The molecule has 4 nitrogen and oxygen atoms in total. The first-order chi connectivity index (χ1) is 9.25. The van der Waals surface area contributed by atoms with Crippen molar-refractivity contribution in [2.75, 3.05) is 5.32 Å². The van der Waals surface area contributed by atoms with Crippen molar-refractivity contribution in [1.29, 1.82) is 0 Å². The van der Waals surface area contributed by atoms with Crippen LogP contribution >= 0.6 is 0 Å². The summed E-state index contributed by atoms with van der Waals surface area (Å²) in [7, 11) is 1.96. The molecule has 0 spiro atoms. The second kappa shape index (κ2) is 4.57. The number of pyridine rings is 1. The Morgan fingerprint density at radius 1 is 1.21 bits per heavy atom. The summed E-state index contributed by atoms with van der Waals surface area (Å²) >= 11 is 0. The van der Waals surface area contributed by atoms with Gasteiger partial charge in [0.05, 0.1) is 11.9 Å². The van der Waals surface area contributed by atoms with Gasteiger partial charge in [-0.05, 0) is 30.3 Å². The fourth-order valence-electron chi connectivity index (χ4n) is 2.14. The molecule has 0 atom stereocenters. The molecule has 0 bridgehead atoms. The number of amides is 1. The molecule has 1 N–H and O–H groups in total. The molecule has 1 amide bonds. The molecular weight excluding hydrogens is 238 g/mol. The van der Waals surface area contributed by atoms with Crippen molar-refractivity contribution in [1.82, 2.24) is 9.55 Å². The van der Waals surface area contributed by atoms with E-state index in [-0.39, 0.29) is 5.91 Å². The van der Waals surface area contributed by atoms with E-state index >= 15 is 0 Å². The van der Waals surface area contributed by atoms with Gasteiger partial charge in [-0.1, -0.05) is 6.07 Å². The van der Waals surface area contributed by atoms with Gasteiger partial charge in [0, 0.05) is 35.9 Å². The Labute approximate surface area is 110 Å². The molecule has 0 fully saturated rings. The molecule has 1 aromatic carbocycles. The number of hydrogen-bond acceptors (Lipinski definition) is 2. The molecule has 19 heavy (non-hydrogen) atoms. The Kier molecular flexibility index (Phi) is 2.76. The average molecular weight is 251 g/mol. The zero-order chi connectivity index (χ0) is 13.2. The monoisotopic (exact) mass is 251 g/mol. The lowest BCUT2D eigenvalue weighted by Gasteiger charge is -2.06. The molecule has 2 aromatic heterocycles. The van der Waals surface area contributed by atoms with E-state index in [1.165, 1.54) is 0 Å². The zero-order valence-electron chi connectivity index (χ0n) is 10.5. The number of anilines is 1. The van der Waals surface area contributed by atoms with Crippen molar-refractivity contribution in [3.05, 3.63) is 60.6 Å². The SMILES string of the molecule is Cn1ccc2c(C(=O)Nc3cccnc3)cccc21. The van der Waals surface area contributed by atoms with Gasteiger partial charge in [0.25, 0.3) is 5.91 Å². The standard InChI is InChI=1S/C15H13N3O/c1-18-9-7-12-13(5-2-6-14(12)18)15(19)17-11-4-3-8-16-10-11/h2-10H,1H3,(H,17,19). The van der Waals surface area contributed by atoms with Crippen molar-refractivity contribution in [3.63, 3.8) is 0 Å². The number of carbonyl (C=O) groups excluding carboxylic acids is 1. The fraction of sp³-hybridized carbons (Fsp3) is 0.0667. The van der Waals surface area contributed by atoms with Crippen molar-refractivity contribution in [2.24, 2.45) is 7.05 Å². The fourth-order valence-corrected chi connectivity index (χ4v) is 2.14. The number of fused-ring (bicyclic) bond motifs is 1. The number of hydrogen-bond donors (Lipinski definition) is 1. The van der Waals surface area contributed by atoms with Crippen LogP contribution in [0.25, 0.3) is 10.9 Å². The third kappa shape index (κ3) is 2.08. The Morgan fingerprint density at radius 3 is 2.89 bits per heavy atom. The van der Waals surface area contributed by atoms with Gasteiger partial charge >= 0.3 is 0 Å². The summed E-state index contributed by atoms with van der Waals surface area (Å²) in [5.41, 5.74) is 2.40. The third-order valence-electron chi connectivity index (χ3n) is 3.09. The van der Waals surface area contributed by atoms with Crippen molar-refractivity contribution in [2.45, 2.75) is 0 Å². The Morgan fingerprint density at radius 2 is 2.11 bits per heavy atom. The summed E-state index contributed by atoms with van der Waals surface area (Å²) in [4.78, 5) is 16.3. The van der Waals surface area contributed by atoms with E-state index in [0.717, 1.165) is 10.9 Å². The van der Waals surface area contributed by atoms with Gasteiger partial charge < -0.3 is 9.88 Å². The van der Waals surface area contributed by atoms with Crippen LogP contribution in [-0.4, -0.2) is 15.5 Å². The maximum absolute atomic E-state index is 12.3. The molecule has 3 rings (SSSR count). The van der Waals surface area contributed by atoms with Crippen LogP contribution in [-0.2, 0) is 7.05 Å². The van der Waals surface area contributed by atoms with Crippen LogP contribution in [0.15, 0.2) is 55.0 Å². The van der Waals surface area contributed by atoms with Gasteiger partial charge in [0.1, 0.15) is 0 Å². The van der Waals surface area contributed by atoms with Gasteiger partial charge in [-0.15, -0.1) is 0 Å². The van der Waals surface area contributed by atoms with Crippen LogP contribution in [0.3, 0.4) is 0 Å². The Bertz CT molecular complexity index is 731. The number of rotatable bonds is 2. The molecular formula is C15H13N3O. The number of aromatic nitrogens is 2. The summed E-state index contributed by atoms with van der Waals surface area (Å²) in [6.45, 7) is 0. The molecule has 4 heteroatoms. The lowest BCUT2D eigenvalue weighted by Crippen LogP contribution is -2.12. The van der Waals surface area contributed by atoms with E-state index in [4.69, 9.17) is 0 Å². The summed E-state index contributed by atoms with van der Waals surface area (Å²) < 4.78 is 2.00. The van der Waals surface area contributed by atoms with Gasteiger partial charge in [-0.2, -0.15) is 0 Å². The Balaban J connectivity index is 1.98. The van der Waals surface area contributed by atoms with Gasteiger partial charge in [-0.3, -0.25) is 9.78 Å². The van der Waals surface area contributed by atoms with Gasteiger partial charge in [0.15, 0.2) is 0 Å². The second-order valence-electron chi connectivity index (χ2n) is 4.36. The third-order valence-corrected chi connectivity index (χ3v) is 3.09. The number of benzene rings is 1. The van der Waals surface area contributed by atoms with E-state index in [0.29, 0.717) is 11.3 Å². The lowest BCUT2D eigenvalue weighted by atomic mass is 10.1. The first-order valence-corrected chi connectivity index (χ1v) is 6.01. The number of aryl methyl sites for hydroxylation is 1. The minimum absolute atomic E-state index is 0.121. The summed E-state index contributed by atoms with van der Waals surface area (Å²) in [6, 6.07) is 11.3. The van der Waals surface area contributed by atoms with Crippen molar-refractivity contribution >= 4 is 22.5 Å². The van der Waals surface area contributed by atoms with Gasteiger partial charge in [-0.25, -0.2) is 0 Å². The summed E-state index contributed by atoms with van der Waals surface area (Å²) in [5.74, 6) is -0.121. The average Bonchev–Trinajstić information content (AvgIpc) is 2.82. The normalized spacial score (nSPS) is 10.6. The zero-order valence-corrected chi connectivity index (χ0v) is 10.5. The van der Waals surface area contributed by atoms with Crippen LogP contribution in [0.2, 0.25) is 0 Å². The van der Waals surface area contributed by atoms with Crippen LogP contribution in [0.5, 0.6) is 0 Å². The maximum atomic E-state index is 12.3. The predicted octanol–water partition coefficient (Wildman–Crippen LogP) is 2.83. The van der Waals surface area contributed by atoms with E-state index in [1.807, 2.05) is 48.1 Å².